The van der Waals surface area contributed by atoms with E-state index in [1.165, 1.54) is 5.56 Å². The van der Waals surface area contributed by atoms with Gasteiger partial charge in [0.15, 0.2) is 0 Å². The molecule has 18 heavy (non-hydrogen) atoms. The first kappa shape index (κ1) is 14.7. The van der Waals surface area contributed by atoms with Crippen LogP contribution in [0.15, 0.2) is 30.3 Å². The van der Waals surface area contributed by atoms with Crippen LogP contribution in [-0.2, 0) is 11.2 Å². The summed E-state index contributed by atoms with van der Waals surface area (Å²) < 4.78 is 0. The highest BCUT2D eigenvalue weighted by molar-refractivity contribution is 5.75. The molecule has 0 unspecified atom stereocenters. The second kappa shape index (κ2) is 9.66. The second-order valence-electron chi connectivity index (χ2n) is 4.44. The quantitative estimate of drug-likeness (QED) is 0.657. The number of carbonyl (C=O) groups excluding carboxylic acids is 1. The molecule has 1 rings (SSSR count). The van der Waals surface area contributed by atoms with E-state index in [1.54, 1.807) is 0 Å². The molecule has 0 aromatic heterocycles. The maximum absolute atomic E-state index is 11.4. The standard InChI is InChI=1S/C15H24N2O/c1-2-3-11-17-15(18)10-13-16-12-9-14-7-5-4-6-8-14/h4-8,16H,2-3,9-13H2,1H3,(H,17,18). The van der Waals surface area contributed by atoms with Gasteiger partial charge in [-0.2, -0.15) is 0 Å². The summed E-state index contributed by atoms with van der Waals surface area (Å²) in [6.07, 6.45) is 3.76. The lowest BCUT2D eigenvalue weighted by Crippen LogP contribution is -2.29. The van der Waals surface area contributed by atoms with Crippen LogP contribution >= 0.6 is 0 Å². The molecule has 1 amide bonds. The van der Waals surface area contributed by atoms with Gasteiger partial charge < -0.3 is 10.6 Å². The topological polar surface area (TPSA) is 41.1 Å². The van der Waals surface area contributed by atoms with Crippen LogP contribution in [0.2, 0.25) is 0 Å². The summed E-state index contributed by atoms with van der Waals surface area (Å²) in [4.78, 5) is 11.4. The van der Waals surface area contributed by atoms with Crippen LogP contribution in [-0.4, -0.2) is 25.5 Å². The van der Waals surface area contributed by atoms with Crippen molar-refractivity contribution in [2.45, 2.75) is 32.6 Å². The molecule has 0 spiro atoms. The van der Waals surface area contributed by atoms with E-state index in [0.717, 1.165) is 38.9 Å². The SMILES string of the molecule is CCCCNC(=O)CCNCCc1ccccc1. The first-order valence-corrected chi connectivity index (χ1v) is 6.84. The van der Waals surface area contributed by atoms with Crippen LogP contribution < -0.4 is 10.6 Å². The fraction of sp³-hybridized carbons (Fsp3) is 0.533. The van der Waals surface area contributed by atoms with E-state index in [1.807, 2.05) is 6.07 Å². The highest BCUT2D eigenvalue weighted by Gasteiger charge is 1.99. The Balaban J connectivity index is 1.97. The van der Waals surface area contributed by atoms with Crippen LogP contribution in [0, 0.1) is 0 Å². The zero-order valence-electron chi connectivity index (χ0n) is 11.2. The fourth-order valence-electron chi connectivity index (χ4n) is 1.70. The van der Waals surface area contributed by atoms with E-state index in [4.69, 9.17) is 0 Å². The average molecular weight is 248 g/mol. The van der Waals surface area contributed by atoms with Gasteiger partial charge >= 0.3 is 0 Å². The summed E-state index contributed by atoms with van der Waals surface area (Å²) in [5, 5.41) is 6.21. The van der Waals surface area contributed by atoms with Gasteiger partial charge in [-0.25, -0.2) is 0 Å². The van der Waals surface area contributed by atoms with Gasteiger partial charge in [-0.1, -0.05) is 43.7 Å². The Morgan fingerprint density at radius 2 is 1.89 bits per heavy atom. The van der Waals surface area contributed by atoms with Crippen molar-refractivity contribution in [1.82, 2.24) is 10.6 Å². The lowest BCUT2D eigenvalue weighted by atomic mass is 10.1. The Kier molecular flexibility index (Phi) is 7.89. The molecular formula is C15H24N2O. The van der Waals surface area contributed by atoms with Gasteiger partial charge in [0.25, 0.3) is 0 Å². The molecule has 0 saturated heterocycles. The number of benzene rings is 1. The average Bonchev–Trinajstić information content (AvgIpc) is 2.40. The second-order valence-corrected chi connectivity index (χ2v) is 4.44. The molecular weight excluding hydrogens is 224 g/mol. The molecule has 0 saturated carbocycles. The number of unbranched alkanes of at least 4 members (excludes halogenated alkanes) is 1. The van der Waals surface area contributed by atoms with Crippen LogP contribution in [0.1, 0.15) is 31.7 Å². The lowest BCUT2D eigenvalue weighted by Gasteiger charge is -2.06. The Morgan fingerprint density at radius 3 is 2.61 bits per heavy atom. The van der Waals surface area contributed by atoms with Crippen molar-refractivity contribution in [3.05, 3.63) is 35.9 Å². The number of hydrogen-bond acceptors (Lipinski definition) is 2. The Labute approximate surface area is 110 Å². The van der Waals surface area contributed by atoms with E-state index >= 15 is 0 Å². The molecule has 2 N–H and O–H groups in total. The molecule has 0 atom stereocenters. The predicted octanol–water partition coefficient (Wildman–Crippen LogP) is 2.13. The largest absolute Gasteiger partial charge is 0.356 e. The van der Waals surface area contributed by atoms with Crippen molar-refractivity contribution in [1.29, 1.82) is 0 Å². The number of carbonyl (C=O) groups is 1. The van der Waals surface area contributed by atoms with Gasteiger partial charge in [-0.05, 0) is 24.9 Å². The first-order valence-electron chi connectivity index (χ1n) is 6.84. The van der Waals surface area contributed by atoms with Crippen LogP contribution in [0.3, 0.4) is 0 Å². The molecule has 3 heteroatoms. The van der Waals surface area contributed by atoms with Gasteiger partial charge in [0, 0.05) is 19.5 Å². The molecule has 0 fully saturated rings. The third kappa shape index (κ3) is 7.07. The number of nitrogens with one attached hydrogen (secondary N) is 2. The van der Waals surface area contributed by atoms with Gasteiger partial charge in [0.05, 0.1) is 0 Å². The fourth-order valence-corrected chi connectivity index (χ4v) is 1.70. The van der Waals surface area contributed by atoms with Crippen molar-refractivity contribution < 1.29 is 4.79 Å². The van der Waals surface area contributed by atoms with Crippen LogP contribution in [0.4, 0.5) is 0 Å². The van der Waals surface area contributed by atoms with Crippen LogP contribution in [0.5, 0.6) is 0 Å². The number of hydrogen-bond donors (Lipinski definition) is 2. The van der Waals surface area contributed by atoms with Crippen molar-refractivity contribution in [2.24, 2.45) is 0 Å². The molecule has 0 aliphatic heterocycles. The highest BCUT2D eigenvalue weighted by atomic mass is 16.1. The van der Waals surface area contributed by atoms with E-state index in [9.17, 15) is 4.79 Å². The van der Waals surface area contributed by atoms with Gasteiger partial charge in [-0.15, -0.1) is 0 Å². The Hall–Kier alpha value is -1.35. The van der Waals surface area contributed by atoms with Crippen molar-refractivity contribution >= 4 is 5.91 Å². The minimum atomic E-state index is 0.149. The Bertz CT molecular complexity index is 325. The van der Waals surface area contributed by atoms with E-state index in [-0.39, 0.29) is 5.91 Å². The predicted molar refractivity (Wildman–Crippen MR) is 75.6 cm³/mol. The molecule has 0 aliphatic rings. The maximum atomic E-state index is 11.4. The van der Waals surface area contributed by atoms with Gasteiger partial charge in [-0.3, -0.25) is 4.79 Å². The zero-order valence-corrected chi connectivity index (χ0v) is 11.2. The highest BCUT2D eigenvalue weighted by Crippen LogP contribution is 1.97. The third-order valence-corrected chi connectivity index (χ3v) is 2.81. The normalized spacial score (nSPS) is 10.3. The number of amides is 1. The molecule has 0 radical (unpaired) electrons. The summed E-state index contributed by atoms with van der Waals surface area (Å²) >= 11 is 0. The summed E-state index contributed by atoms with van der Waals surface area (Å²) in [5.74, 6) is 0.149. The smallest absolute Gasteiger partial charge is 0.221 e. The summed E-state index contributed by atoms with van der Waals surface area (Å²) in [7, 11) is 0. The number of rotatable bonds is 9. The van der Waals surface area contributed by atoms with Gasteiger partial charge in [0.2, 0.25) is 5.91 Å². The van der Waals surface area contributed by atoms with Crippen molar-refractivity contribution in [3.8, 4) is 0 Å². The van der Waals surface area contributed by atoms with E-state index in [2.05, 4.69) is 41.8 Å². The van der Waals surface area contributed by atoms with E-state index in [0.29, 0.717) is 6.42 Å². The van der Waals surface area contributed by atoms with Gasteiger partial charge in [0.1, 0.15) is 0 Å². The minimum Gasteiger partial charge on any atom is -0.356 e. The molecule has 0 heterocycles. The minimum absolute atomic E-state index is 0.149. The monoisotopic (exact) mass is 248 g/mol. The summed E-state index contributed by atoms with van der Waals surface area (Å²) in [6, 6.07) is 10.4. The van der Waals surface area contributed by atoms with Crippen LogP contribution in [0.25, 0.3) is 0 Å². The molecule has 100 valence electrons. The van der Waals surface area contributed by atoms with Crippen molar-refractivity contribution in [3.63, 3.8) is 0 Å². The first-order chi connectivity index (χ1) is 8.83. The molecule has 0 bridgehead atoms. The molecule has 1 aromatic carbocycles. The van der Waals surface area contributed by atoms with Crippen molar-refractivity contribution in [2.75, 3.05) is 19.6 Å². The summed E-state index contributed by atoms with van der Waals surface area (Å²) in [5.41, 5.74) is 1.33. The lowest BCUT2D eigenvalue weighted by molar-refractivity contribution is -0.120. The summed E-state index contributed by atoms with van der Waals surface area (Å²) in [6.45, 7) is 4.60. The molecule has 1 aromatic rings. The van der Waals surface area contributed by atoms with E-state index < -0.39 is 0 Å². The molecule has 0 aliphatic carbocycles. The third-order valence-electron chi connectivity index (χ3n) is 2.81. The zero-order chi connectivity index (χ0) is 13.1. The Morgan fingerprint density at radius 1 is 1.11 bits per heavy atom. The molecule has 3 nitrogen and oxygen atoms in total. The maximum Gasteiger partial charge on any atom is 0.221 e.